The quantitative estimate of drug-likeness (QED) is 0.710. The van der Waals surface area contributed by atoms with Gasteiger partial charge in [-0.1, -0.05) is 41.5 Å². The molecule has 1 saturated carbocycles. The van der Waals surface area contributed by atoms with Crippen LogP contribution in [0, 0.1) is 11.8 Å². The van der Waals surface area contributed by atoms with Crippen LogP contribution < -0.4 is 0 Å². The predicted octanol–water partition coefficient (Wildman–Crippen LogP) is 4.29. The zero-order chi connectivity index (χ0) is 18.4. The summed E-state index contributed by atoms with van der Waals surface area (Å²) < 4.78 is 0. The van der Waals surface area contributed by atoms with Crippen LogP contribution in [0.1, 0.15) is 61.8 Å². The summed E-state index contributed by atoms with van der Waals surface area (Å²) >= 11 is 0. The number of hydrogen-bond donors (Lipinski definition) is 0. The molecule has 1 aliphatic carbocycles. The molecule has 3 rings (SSSR count). The van der Waals surface area contributed by atoms with E-state index in [1.54, 1.807) is 0 Å². The van der Waals surface area contributed by atoms with E-state index in [1.165, 1.54) is 45.7 Å². The second-order valence-electron chi connectivity index (χ2n) is 6.41. The SMILES string of the molecule is CC.CC.CC.CC(C)N1CC2CC2C1.CN1CCN(C)CC1. The van der Waals surface area contributed by atoms with E-state index in [-0.39, 0.29) is 0 Å². The van der Waals surface area contributed by atoms with Crippen LogP contribution in [0.3, 0.4) is 0 Å². The molecule has 0 aromatic rings. The van der Waals surface area contributed by atoms with E-state index in [0.717, 1.165) is 17.9 Å². The largest absolute Gasteiger partial charge is 0.304 e. The molecule has 142 valence electrons. The molecule has 3 aliphatic rings. The highest BCUT2D eigenvalue weighted by atomic mass is 15.2. The van der Waals surface area contributed by atoms with Crippen molar-refractivity contribution in [2.45, 2.75) is 67.9 Å². The minimum absolute atomic E-state index is 0.790. The first kappa shape index (κ1) is 25.1. The van der Waals surface area contributed by atoms with Crippen LogP contribution in [-0.4, -0.2) is 74.1 Å². The molecule has 0 spiro atoms. The van der Waals surface area contributed by atoms with Crippen molar-refractivity contribution < 1.29 is 0 Å². The van der Waals surface area contributed by atoms with Crippen molar-refractivity contribution in [2.24, 2.45) is 11.8 Å². The van der Waals surface area contributed by atoms with Gasteiger partial charge in [-0.3, -0.25) is 0 Å². The van der Waals surface area contributed by atoms with Crippen LogP contribution in [0.15, 0.2) is 0 Å². The second kappa shape index (κ2) is 15.4. The molecule has 23 heavy (non-hydrogen) atoms. The Labute approximate surface area is 148 Å². The Morgan fingerprint density at radius 1 is 0.652 bits per heavy atom. The number of likely N-dealkylation sites (N-methyl/N-ethyl adjacent to an activating group) is 2. The standard InChI is InChI=1S/C8H15N.C6H14N2.3C2H6/c1-6(2)9-4-7-3-8(7)5-9;1-7-3-5-8(2)6-4-7;3*1-2/h6-8H,3-5H2,1-2H3;3-6H2,1-2H3;3*1-2H3. The van der Waals surface area contributed by atoms with E-state index in [1.807, 2.05) is 41.5 Å². The third kappa shape index (κ3) is 11.1. The third-order valence-corrected chi connectivity index (χ3v) is 4.46. The topological polar surface area (TPSA) is 9.72 Å². The summed E-state index contributed by atoms with van der Waals surface area (Å²) in [4.78, 5) is 7.32. The average Bonchev–Trinajstić information content (AvgIpc) is 3.22. The van der Waals surface area contributed by atoms with Crippen LogP contribution in [0.5, 0.6) is 0 Å². The van der Waals surface area contributed by atoms with Crippen LogP contribution >= 0.6 is 0 Å². The Kier molecular flexibility index (Phi) is 16.8. The van der Waals surface area contributed by atoms with E-state index in [9.17, 15) is 0 Å². The number of fused-ring (bicyclic) bond motifs is 1. The van der Waals surface area contributed by atoms with Gasteiger partial charge < -0.3 is 14.7 Å². The van der Waals surface area contributed by atoms with Crippen LogP contribution in [0.4, 0.5) is 0 Å². The minimum atomic E-state index is 0.790. The maximum absolute atomic E-state index is 2.60. The van der Waals surface area contributed by atoms with Gasteiger partial charge >= 0.3 is 0 Å². The Balaban J connectivity index is 0. The summed E-state index contributed by atoms with van der Waals surface area (Å²) in [5.41, 5.74) is 0. The van der Waals surface area contributed by atoms with E-state index in [2.05, 4.69) is 42.6 Å². The Hall–Kier alpha value is -0.120. The Bertz CT molecular complexity index is 215. The van der Waals surface area contributed by atoms with Gasteiger partial charge in [0, 0.05) is 45.3 Å². The summed E-state index contributed by atoms with van der Waals surface area (Å²) in [5.74, 6) is 2.21. The summed E-state index contributed by atoms with van der Waals surface area (Å²) in [5, 5.41) is 0. The molecule has 0 amide bonds. The van der Waals surface area contributed by atoms with Gasteiger partial charge in [0.05, 0.1) is 0 Å². The number of piperazine rings is 1. The van der Waals surface area contributed by atoms with E-state index >= 15 is 0 Å². The number of piperidine rings is 1. The molecular formula is C20H47N3. The highest BCUT2D eigenvalue weighted by Crippen LogP contribution is 2.45. The molecule has 0 bridgehead atoms. The summed E-state index contributed by atoms with van der Waals surface area (Å²) in [6, 6.07) is 0.790. The van der Waals surface area contributed by atoms with Crippen LogP contribution in [0.25, 0.3) is 0 Å². The van der Waals surface area contributed by atoms with Gasteiger partial charge in [0.25, 0.3) is 0 Å². The van der Waals surface area contributed by atoms with Crippen LogP contribution in [0.2, 0.25) is 0 Å². The lowest BCUT2D eigenvalue weighted by atomic mass is 10.3. The van der Waals surface area contributed by atoms with Crippen molar-refractivity contribution >= 4 is 0 Å². The predicted molar refractivity (Wildman–Crippen MR) is 107 cm³/mol. The number of nitrogens with zero attached hydrogens (tertiary/aromatic N) is 3. The molecule has 2 unspecified atom stereocenters. The fraction of sp³-hybridized carbons (Fsp3) is 1.00. The molecule has 0 N–H and O–H groups in total. The first-order valence-electron chi connectivity index (χ1n) is 10.2. The molecule has 0 radical (unpaired) electrons. The lowest BCUT2D eigenvalue weighted by molar-refractivity contribution is 0.181. The molecule has 2 aliphatic heterocycles. The van der Waals surface area contributed by atoms with E-state index in [4.69, 9.17) is 0 Å². The second-order valence-corrected chi connectivity index (χ2v) is 6.41. The maximum atomic E-state index is 2.60. The first-order chi connectivity index (χ1) is 11.1. The number of likely N-dealkylation sites (tertiary alicyclic amines) is 1. The van der Waals surface area contributed by atoms with Gasteiger partial charge in [0.15, 0.2) is 0 Å². The highest BCUT2D eigenvalue weighted by molar-refractivity contribution is 4.97. The molecule has 0 aromatic heterocycles. The molecule has 2 heterocycles. The van der Waals surface area contributed by atoms with Gasteiger partial charge in [-0.2, -0.15) is 0 Å². The first-order valence-corrected chi connectivity index (χ1v) is 10.2. The zero-order valence-electron chi connectivity index (χ0n) is 18.0. The fourth-order valence-electron chi connectivity index (χ4n) is 2.76. The van der Waals surface area contributed by atoms with Crippen molar-refractivity contribution in [2.75, 3.05) is 53.4 Å². The third-order valence-electron chi connectivity index (χ3n) is 4.46. The average molecular weight is 330 g/mol. The van der Waals surface area contributed by atoms with Crippen molar-refractivity contribution in [1.82, 2.24) is 14.7 Å². The smallest absolute Gasteiger partial charge is 0.0107 e. The zero-order valence-corrected chi connectivity index (χ0v) is 18.0. The normalized spacial score (nSPS) is 26.2. The Morgan fingerprint density at radius 3 is 1.17 bits per heavy atom. The van der Waals surface area contributed by atoms with Crippen molar-refractivity contribution in [3.05, 3.63) is 0 Å². The van der Waals surface area contributed by atoms with Gasteiger partial charge in [0.2, 0.25) is 0 Å². The van der Waals surface area contributed by atoms with E-state index < -0.39 is 0 Å². The molecule has 3 fully saturated rings. The van der Waals surface area contributed by atoms with Crippen molar-refractivity contribution in [3.63, 3.8) is 0 Å². The lowest BCUT2D eigenvalue weighted by Crippen LogP contribution is -2.42. The van der Waals surface area contributed by atoms with Gasteiger partial charge in [-0.15, -0.1) is 0 Å². The monoisotopic (exact) mass is 329 g/mol. The van der Waals surface area contributed by atoms with Crippen molar-refractivity contribution in [1.29, 1.82) is 0 Å². The molecule has 0 aromatic carbocycles. The highest BCUT2D eigenvalue weighted by Gasteiger charge is 2.45. The summed E-state index contributed by atoms with van der Waals surface area (Å²) in [7, 11) is 4.35. The number of rotatable bonds is 1. The Morgan fingerprint density at radius 2 is 0.957 bits per heavy atom. The molecule has 2 saturated heterocycles. The van der Waals surface area contributed by atoms with Gasteiger partial charge in [0.1, 0.15) is 0 Å². The van der Waals surface area contributed by atoms with Crippen molar-refractivity contribution in [3.8, 4) is 0 Å². The van der Waals surface area contributed by atoms with Gasteiger partial charge in [-0.05, 0) is 46.2 Å². The minimum Gasteiger partial charge on any atom is -0.304 e. The summed E-state index contributed by atoms with van der Waals surface area (Å²) in [6.45, 7) is 24.3. The molecule has 3 nitrogen and oxygen atoms in total. The maximum Gasteiger partial charge on any atom is 0.0107 e. The lowest BCUT2D eigenvalue weighted by Gasteiger charge is -2.28. The summed E-state index contributed by atoms with van der Waals surface area (Å²) in [6.07, 6.45) is 1.53. The molecule has 3 heteroatoms. The van der Waals surface area contributed by atoms with Crippen LogP contribution in [-0.2, 0) is 0 Å². The molecular weight excluding hydrogens is 282 g/mol. The molecule has 2 atom stereocenters. The number of hydrogen-bond acceptors (Lipinski definition) is 3. The van der Waals surface area contributed by atoms with E-state index in [0.29, 0.717) is 0 Å². The van der Waals surface area contributed by atoms with Gasteiger partial charge in [-0.25, -0.2) is 0 Å². The fourth-order valence-corrected chi connectivity index (χ4v) is 2.76.